The standard InChI is InChI=1S/C9H21N3O2S/c1-3-8(2)6-11-15(13,14)12-5-4-9(10)7-12/h8-9,11H,3-7,10H2,1-2H3/t8?,9-/m1/s1. The lowest BCUT2D eigenvalue weighted by molar-refractivity contribution is 0.448. The highest BCUT2D eigenvalue weighted by Gasteiger charge is 2.29. The van der Waals surface area contributed by atoms with Crippen molar-refractivity contribution in [3.63, 3.8) is 0 Å². The lowest BCUT2D eigenvalue weighted by atomic mass is 10.1. The van der Waals surface area contributed by atoms with Crippen molar-refractivity contribution in [2.45, 2.75) is 32.7 Å². The predicted octanol–water partition coefficient (Wildman–Crippen LogP) is -0.100. The summed E-state index contributed by atoms with van der Waals surface area (Å²) in [7, 11) is -3.29. The third-order valence-corrected chi connectivity index (χ3v) is 4.38. The molecule has 0 radical (unpaired) electrons. The summed E-state index contributed by atoms with van der Waals surface area (Å²) in [6.07, 6.45) is 1.73. The summed E-state index contributed by atoms with van der Waals surface area (Å²) in [6, 6.07) is -0.00910. The van der Waals surface area contributed by atoms with E-state index in [0.29, 0.717) is 25.6 Å². The highest BCUT2D eigenvalue weighted by molar-refractivity contribution is 7.87. The number of nitrogens with one attached hydrogen (secondary N) is 1. The van der Waals surface area contributed by atoms with Crippen LogP contribution in [0.5, 0.6) is 0 Å². The average molecular weight is 235 g/mol. The van der Waals surface area contributed by atoms with E-state index in [9.17, 15) is 8.42 Å². The first-order valence-corrected chi connectivity index (χ1v) is 6.90. The van der Waals surface area contributed by atoms with E-state index in [1.165, 1.54) is 4.31 Å². The summed E-state index contributed by atoms with van der Waals surface area (Å²) < 4.78 is 27.6. The van der Waals surface area contributed by atoms with Crippen molar-refractivity contribution in [3.05, 3.63) is 0 Å². The van der Waals surface area contributed by atoms with Crippen LogP contribution in [0.4, 0.5) is 0 Å². The van der Waals surface area contributed by atoms with E-state index in [4.69, 9.17) is 5.73 Å². The number of hydrogen-bond donors (Lipinski definition) is 2. The second kappa shape index (κ2) is 5.25. The van der Waals surface area contributed by atoms with Gasteiger partial charge in [0.2, 0.25) is 0 Å². The fraction of sp³-hybridized carbons (Fsp3) is 1.00. The van der Waals surface area contributed by atoms with Gasteiger partial charge in [-0.05, 0) is 12.3 Å². The number of hydrogen-bond acceptors (Lipinski definition) is 3. The van der Waals surface area contributed by atoms with Crippen LogP contribution < -0.4 is 10.5 Å². The minimum Gasteiger partial charge on any atom is -0.326 e. The van der Waals surface area contributed by atoms with Gasteiger partial charge in [0.25, 0.3) is 10.2 Å². The van der Waals surface area contributed by atoms with Gasteiger partial charge in [0.05, 0.1) is 0 Å². The molecule has 0 bridgehead atoms. The van der Waals surface area contributed by atoms with Gasteiger partial charge in [-0.1, -0.05) is 20.3 Å². The van der Waals surface area contributed by atoms with E-state index < -0.39 is 10.2 Å². The topological polar surface area (TPSA) is 75.4 Å². The van der Waals surface area contributed by atoms with Crippen molar-refractivity contribution in [2.75, 3.05) is 19.6 Å². The molecule has 0 saturated carbocycles. The Balaban J connectivity index is 2.45. The molecule has 0 aromatic carbocycles. The van der Waals surface area contributed by atoms with Gasteiger partial charge in [-0.2, -0.15) is 12.7 Å². The van der Waals surface area contributed by atoms with E-state index in [1.54, 1.807) is 0 Å². The van der Waals surface area contributed by atoms with Crippen molar-refractivity contribution in [1.82, 2.24) is 9.03 Å². The van der Waals surface area contributed by atoms with E-state index in [0.717, 1.165) is 12.8 Å². The van der Waals surface area contributed by atoms with Gasteiger partial charge < -0.3 is 5.73 Å². The van der Waals surface area contributed by atoms with Gasteiger partial charge in [0.1, 0.15) is 0 Å². The van der Waals surface area contributed by atoms with Crippen LogP contribution >= 0.6 is 0 Å². The maximum Gasteiger partial charge on any atom is 0.279 e. The molecule has 3 N–H and O–H groups in total. The van der Waals surface area contributed by atoms with E-state index in [2.05, 4.69) is 4.72 Å². The molecule has 15 heavy (non-hydrogen) atoms. The molecule has 1 heterocycles. The third kappa shape index (κ3) is 3.71. The summed E-state index contributed by atoms with van der Waals surface area (Å²) in [5, 5.41) is 0. The molecule has 2 atom stereocenters. The Hall–Kier alpha value is -0.170. The Kier molecular flexibility index (Phi) is 4.51. The second-order valence-corrected chi connectivity index (χ2v) is 6.03. The van der Waals surface area contributed by atoms with Gasteiger partial charge in [0, 0.05) is 25.7 Å². The Labute approximate surface area is 92.2 Å². The quantitative estimate of drug-likeness (QED) is 0.698. The Morgan fingerprint density at radius 1 is 1.60 bits per heavy atom. The average Bonchev–Trinajstić information content (AvgIpc) is 2.62. The Bertz CT molecular complexity index is 292. The molecule has 0 spiro atoms. The van der Waals surface area contributed by atoms with Crippen molar-refractivity contribution in [1.29, 1.82) is 0 Å². The summed E-state index contributed by atoms with van der Waals surface area (Å²) in [5.41, 5.74) is 5.67. The molecule has 0 aliphatic carbocycles. The van der Waals surface area contributed by atoms with Crippen LogP contribution in [-0.2, 0) is 10.2 Å². The Morgan fingerprint density at radius 3 is 2.73 bits per heavy atom. The molecule has 1 unspecified atom stereocenters. The zero-order valence-electron chi connectivity index (χ0n) is 9.44. The highest BCUT2D eigenvalue weighted by atomic mass is 32.2. The zero-order chi connectivity index (χ0) is 11.5. The van der Waals surface area contributed by atoms with Gasteiger partial charge in [-0.25, -0.2) is 4.72 Å². The monoisotopic (exact) mass is 235 g/mol. The SMILES string of the molecule is CCC(C)CNS(=O)(=O)N1CC[C@@H](N)C1. The van der Waals surface area contributed by atoms with Crippen LogP contribution in [0, 0.1) is 5.92 Å². The maximum absolute atomic E-state index is 11.8. The summed E-state index contributed by atoms with van der Waals surface area (Å²) in [5.74, 6) is 0.371. The first kappa shape index (κ1) is 12.9. The molecule has 0 aromatic heterocycles. The lowest BCUT2D eigenvalue weighted by Crippen LogP contribution is -2.42. The minimum atomic E-state index is -3.29. The van der Waals surface area contributed by atoms with Crippen LogP contribution in [0.1, 0.15) is 26.7 Å². The molecule has 5 nitrogen and oxygen atoms in total. The third-order valence-electron chi connectivity index (χ3n) is 2.84. The predicted molar refractivity (Wildman–Crippen MR) is 60.5 cm³/mol. The van der Waals surface area contributed by atoms with Gasteiger partial charge in [-0.3, -0.25) is 0 Å². The van der Waals surface area contributed by atoms with Crippen LogP contribution in [0.2, 0.25) is 0 Å². The molecule has 90 valence electrons. The molecule has 0 amide bonds. The van der Waals surface area contributed by atoms with Crippen LogP contribution in [-0.4, -0.2) is 38.4 Å². The largest absolute Gasteiger partial charge is 0.326 e. The summed E-state index contributed by atoms with van der Waals surface area (Å²) in [4.78, 5) is 0. The van der Waals surface area contributed by atoms with Crippen molar-refractivity contribution in [3.8, 4) is 0 Å². The van der Waals surface area contributed by atoms with Crippen LogP contribution in [0.3, 0.4) is 0 Å². The molecule has 1 aliphatic rings. The lowest BCUT2D eigenvalue weighted by Gasteiger charge is -2.18. The minimum absolute atomic E-state index is 0.00910. The first-order chi connectivity index (χ1) is 6.95. The molecule has 1 aliphatic heterocycles. The normalized spacial score (nSPS) is 25.7. The van der Waals surface area contributed by atoms with E-state index in [-0.39, 0.29) is 6.04 Å². The smallest absolute Gasteiger partial charge is 0.279 e. The van der Waals surface area contributed by atoms with Crippen molar-refractivity contribution >= 4 is 10.2 Å². The van der Waals surface area contributed by atoms with Crippen LogP contribution in [0.15, 0.2) is 0 Å². The number of nitrogens with two attached hydrogens (primary N) is 1. The van der Waals surface area contributed by atoms with Crippen molar-refractivity contribution in [2.24, 2.45) is 11.7 Å². The fourth-order valence-corrected chi connectivity index (χ4v) is 2.87. The highest BCUT2D eigenvalue weighted by Crippen LogP contribution is 2.11. The summed E-state index contributed by atoms with van der Waals surface area (Å²) >= 11 is 0. The second-order valence-electron chi connectivity index (χ2n) is 4.27. The molecule has 1 rings (SSSR count). The zero-order valence-corrected chi connectivity index (χ0v) is 10.3. The van der Waals surface area contributed by atoms with E-state index >= 15 is 0 Å². The first-order valence-electron chi connectivity index (χ1n) is 5.46. The molecular formula is C9H21N3O2S. The van der Waals surface area contributed by atoms with Crippen molar-refractivity contribution < 1.29 is 8.42 Å². The molecule has 6 heteroatoms. The number of nitrogens with zero attached hydrogens (tertiary/aromatic N) is 1. The molecule has 1 saturated heterocycles. The van der Waals surface area contributed by atoms with E-state index in [1.807, 2.05) is 13.8 Å². The van der Waals surface area contributed by atoms with Gasteiger partial charge in [-0.15, -0.1) is 0 Å². The maximum atomic E-state index is 11.8. The van der Waals surface area contributed by atoms with Gasteiger partial charge >= 0.3 is 0 Å². The molecule has 1 fully saturated rings. The molecule has 0 aromatic rings. The Morgan fingerprint density at radius 2 is 2.27 bits per heavy atom. The molecular weight excluding hydrogens is 214 g/mol. The summed E-state index contributed by atoms with van der Waals surface area (Å²) in [6.45, 7) is 5.56. The van der Waals surface area contributed by atoms with Crippen LogP contribution in [0.25, 0.3) is 0 Å². The van der Waals surface area contributed by atoms with Gasteiger partial charge in [0.15, 0.2) is 0 Å². The number of rotatable bonds is 5. The fourth-order valence-electron chi connectivity index (χ4n) is 1.46.